The summed E-state index contributed by atoms with van der Waals surface area (Å²) in [4.78, 5) is 12.0. The maximum Gasteiger partial charge on any atom is 0.230 e. The Morgan fingerprint density at radius 1 is 1.40 bits per heavy atom. The first-order chi connectivity index (χ1) is 9.65. The molecule has 0 saturated carbocycles. The van der Waals surface area contributed by atoms with Crippen molar-refractivity contribution in [2.75, 3.05) is 18.8 Å². The lowest BCUT2D eigenvalue weighted by Crippen LogP contribution is -2.32. The molecule has 0 aromatic heterocycles. The minimum Gasteiger partial charge on any atom is -0.349 e. The largest absolute Gasteiger partial charge is 0.349 e. The highest BCUT2D eigenvalue weighted by Gasteiger charge is 2.16. The van der Waals surface area contributed by atoms with Gasteiger partial charge < -0.3 is 10.6 Å². The molecule has 3 nitrogen and oxygen atoms in total. The third-order valence-corrected chi connectivity index (χ3v) is 5.11. The minimum atomic E-state index is 0.0217. The van der Waals surface area contributed by atoms with E-state index in [0.717, 1.165) is 31.5 Å². The highest BCUT2D eigenvalue weighted by atomic mass is 35.5. The van der Waals surface area contributed by atoms with Crippen molar-refractivity contribution >= 4 is 29.3 Å². The summed E-state index contributed by atoms with van der Waals surface area (Å²) in [5.41, 5.74) is 1.08. The molecule has 1 amide bonds. The fraction of sp³-hybridized carbons (Fsp3) is 0.533. The van der Waals surface area contributed by atoms with Gasteiger partial charge in [0.05, 0.1) is 11.8 Å². The van der Waals surface area contributed by atoms with E-state index < -0.39 is 0 Å². The van der Waals surface area contributed by atoms with Crippen molar-refractivity contribution in [1.82, 2.24) is 10.6 Å². The second kappa shape index (κ2) is 7.91. The van der Waals surface area contributed by atoms with Crippen LogP contribution in [0.2, 0.25) is 5.02 Å². The van der Waals surface area contributed by atoms with Gasteiger partial charge in [-0.15, -0.1) is 11.8 Å². The monoisotopic (exact) mass is 312 g/mol. The molecule has 1 fully saturated rings. The Morgan fingerprint density at radius 2 is 2.05 bits per heavy atom. The van der Waals surface area contributed by atoms with E-state index in [-0.39, 0.29) is 11.9 Å². The summed E-state index contributed by atoms with van der Waals surface area (Å²) in [6.07, 6.45) is 2.31. The SMILES string of the molecule is CC(NC(=O)CSC1CCNCC1)c1ccc(Cl)cc1. The molecular weight excluding hydrogens is 292 g/mol. The Hall–Kier alpha value is -0.710. The number of hydrogen-bond acceptors (Lipinski definition) is 3. The standard InChI is InChI=1S/C15H21ClN2OS/c1-11(12-2-4-13(16)5-3-12)18-15(19)10-20-14-6-8-17-9-7-14/h2-5,11,14,17H,6-10H2,1H3,(H,18,19). The topological polar surface area (TPSA) is 41.1 Å². The van der Waals surface area contributed by atoms with Crippen molar-refractivity contribution in [3.63, 3.8) is 0 Å². The number of carbonyl (C=O) groups excluding carboxylic acids is 1. The molecule has 1 saturated heterocycles. The average molecular weight is 313 g/mol. The van der Waals surface area contributed by atoms with Crippen LogP contribution >= 0.6 is 23.4 Å². The molecule has 1 aliphatic heterocycles. The summed E-state index contributed by atoms with van der Waals surface area (Å²) in [6.45, 7) is 4.14. The van der Waals surface area contributed by atoms with Gasteiger partial charge >= 0.3 is 0 Å². The molecule has 1 atom stereocenters. The van der Waals surface area contributed by atoms with Gasteiger partial charge in [0.1, 0.15) is 0 Å². The molecule has 2 rings (SSSR count). The highest BCUT2D eigenvalue weighted by molar-refractivity contribution is 8.00. The Balaban J connectivity index is 1.74. The fourth-order valence-electron chi connectivity index (χ4n) is 2.27. The molecule has 1 aromatic carbocycles. The number of nitrogens with one attached hydrogen (secondary N) is 2. The second-order valence-electron chi connectivity index (χ2n) is 5.10. The second-order valence-corrected chi connectivity index (χ2v) is 6.83. The Kier molecular flexibility index (Phi) is 6.20. The highest BCUT2D eigenvalue weighted by Crippen LogP contribution is 2.20. The average Bonchev–Trinajstić information content (AvgIpc) is 2.47. The molecule has 0 spiro atoms. The molecule has 0 aliphatic carbocycles. The molecule has 5 heteroatoms. The van der Waals surface area contributed by atoms with Gasteiger partial charge in [-0.1, -0.05) is 23.7 Å². The molecule has 1 aliphatic rings. The summed E-state index contributed by atoms with van der Waals surface area (Å²) < 4.78 is 0. The van der Waals surface area contributed by atoms with Crippen LogP contribution in [0.1, 0.15) is 31.4 Å². The lowest BCUT2D eigenvalue weighted by molar-refractivity contribution is -0.119. The van der Waals surface area contributed by atoms with Gasteiger partial charge in [0.25, 0.3) is 0 Å². The van der Waals surface area contributed by atoms with E-state index in [9.17, 15) is 4.79 Å². The van der Waals surface area contributed by atoms with Crippen molar-refractivity contribution in [2.24, 2.45) is 0 Å². The number of carbonyl (C=O) groups is 1. The molecule has 1 unspecified atom stereocenters. The number of piperidine rings is 1. The zero-order valence-electron chi connectivity index (χ0n) is 11.7. The van der Waals surface area contributed by atoms with Crippen molar-refractivity contribution in [3.05, 3.63) is 34.9 Å². The first kappa shape index (κ1) is 15.7. The van der Waals surface area contributed by atoms with Gasteiger partial charge in [-0.3, -0.25) is 4.79 Å². The van der Waals surface area contributed by atoms with E-state index in [1.165, 1.54) is 0 Å². The first-order valence-corrected chi connectivity index (χ1v) is 8.45. The number of benzene rings is 1. The molecule has 110 valence electrons. The number of hydrogen-bond donors (Lipinski definition) is 2. The van der Waals surface area contributed by atoms with Crippen LogP contribution in [0.4, 0.5) is 0 Å². The van der Waals surface area contributed by atoms with Crippen LogP contribution in [0.15, 0.2) is 24.3 Å². The van der Waals surface area contributed by atoms with Crippen molar-refractivity contribution < 1.29 is 4.79 Å². The van der Waals surface area contributed by atoms with Crippen LogP contribution in [0.3, 0.4) is 0 Å². The van der Waals surface area contributed by atoms with E-state index >= 15 is 0 Å². The Labute approximate surface area is 129 Å². The van der Waals surface area contributed by atoms with E-state index in [1.54, 1.807) is 11.8 Å². The van der Waals surface area contributed by atoms with Crippen LogP contribution in [0.25, 0.3) is 0 Å². The van der Waals surface area contributed by atoms with Crippen LogP contribution in [-0.2, 0) is 4.79 Å². The minimum absolute atomic E-state index is 0.0217. The summed E-state index contributed by atoms with van der Waals surface area (Å²) in [7, 11) is 0. The predicted octanol–water partition coefficient (Wildman–Crippen LogP) is 3.00. The number of amides is 1. The Morgan fingerprint density at radius 3 is 2.70 bits per heavy atom. The molecule has 2 N–H and O–H groups in total. The lowest BCUT2D eigenvalue weighted by Gasteiger charge is -2.22. The molecule has 20 heavy (non-hydrogen) atoms. The van der Waals surface area contributed by atoms with Crippen LogP contribution in [0.5, 0.6) is 0 Å². The van der Waals surface area contributed by atoms with E-state index in [1.807, 2.05) is 31.2 Å². The Bertz CT molecular complexity index is 432. The summed E-state index contributed by atoms with van der Waals surface area (Å²) in [5.74, 6) is 0.652. The number of halogens is 1. The summed E-state index contributed by atoms with van der Waals surface area (Å²) in [5, 5.41) is 7.71. The van der Waals surface area contributed by atoms with E-state index in [4.69, 9.17) is 11.6 Å². The summed E-state index contributed by atoms with van der Waals surface area (Å²) in [6, 6.07) is 7.63. The number of thioether (sulfide) groups is 1. The van der Waals surface area contributed by atoms with Crippen LogP contribution < -0.4 is 10.6 Å². The molecular formula is C15H21ClN2OS. The van der Waals surface area contributed by atoms with Gasteiger partial charge in [-0.2, -0.15) is 0 Å². The third-order valence-electron chi connectivity index (χ3n) is 3.48. The lowest BCUT2D eigenvalue weighted by atomic mass is 10.1. The maximum atomic E-state index is 12.0. The van der Waals surface area contributed by atoms with Gasteiger partial charge in [0.2, 0.25) is 5.91 Å². The van der Waals surface area contributed by atoms with Gasteiger partial charge in [-0.05, 0) is 50.6 Å². The van der Waals surface area contributed by atoms with E-state index in [0.29, 0.717) is 16.0 Å². The quantitative estimate of drug-likeness (QED) is 0.878. The molecule has 1 heterocycles. The molecule has 0 radical (unpaired) electrons. The van der Waals surface area contributed by atoms with Gasteiger partial charge in [-0.25, -0.2) is 0 Å². The van der Waals surface area contributed by atoms with Crippen LogP contribution in [-0.4, -0.2) is 30.0 Å². The van der Waals surface area contributed by atoms with Crippen molar-refractivity contribution in [3.8, 4) is 0 Å². The number of rotatable bonds is 5. The van der Waals surface area contributed by atoms with Gasteiger partial charge in [0, 0.05) is 10.3 Å². The summed E-state index contributed by atoms with van der Waals surface area (Å²) >= 11 is 7.63. The fourth-order valence-corrected chi connectivity index (χ4v) is 3.44. The zero-order valence-corrected chi connectivity index (χ0v) is 13.3. The zero-order chi connectivity index (χ0) is 14.4. The molecule has 0 bridgehead atoms. The van der Waals surface area contributed by atoms with Crippen molar-refractivity contribution in [2.45, 2.75) is 31.1 Å². The predicted molar refractivity (Wildman–Crippen MR) is 86.4 cm³/mol. The smallest absolute Gasteiger partial charge is 0.230 e. The molecule has 1 aromatic rings. The van der Waals surface area contributed by atoms with Gasteiger partial charge in [0.15, 0.2) is 0 Å². The normalized spacial score (nSPS) is 17.7. The van der Waals surface area contributed by atoms with Crippen LogP contribution in [0, 0.1) is 0 Å². The third kappa shape index (κ3) is 5.00. The van der Waals surface area contributed by atoms with Crippen molar-refractivity contribution in [1.29, 1.82) is 0 Å². The first-order valence-electron chi connectivity index (χ1n) is 7.02. The maximum absolute atomic E-state index is 12.0. The van der Waals surface area contributed by atoms with E-state index in [2.05, 4.69) is 10.6 Å².